The number of anilines is 1. The van der Waals surface area contributed by atoms with Crippen molar-refractivity contribution in [1.82, 2.24) is 0 Å². The third-order valence-electron chi connectivity index (χ3n) is 2.94. The van der Waals surface area contributed by atoms with Crippen molar-refractivity contribution in [3.05, 3.63) is 24.3 Å². The van der Waals surface area contributed by atoms with Gasteiger partial charge < -0.3 is 20.5 Å². The molecule has 1 saturated carbocycles. The minimum atomic E-state index is -0.694. The minimum absolute atomic E-state index is 0. The number of hydrogen-bond donors (Lipinski definition) is 2. The van der Waals surface area contributed by atoms with Gasteiger partial charge in [-0.25, -0.2) is 4.79 Å². The highest BCUT2D eigenvalue weighted by atomic mass is 35.5. The van der Waals surface area contributed by atoms with E-state index in [1.807, 2.05) is 0 Å². The van der Waals surface area contributed by atoms with Crippen LogP contribution >= 0.6 is 12.4 Å². The second-order valence-electron chi connectivity index (χ2n) is 4.50. The van der Waals surface area contributed by atoms with Gasteiger partial charge in [-0.3, -0.25) is 4.79 Å². The van der Waals surface area contributed by atoms with Gasteiger partial charge in [0, 0.05) is 5.69 Å². The Balaban J connectivity index is 0.00000200. The van der Waals surface area contributed by atoms with Gasteiger partial charge in [-0.1, -0.05) is 0 Å². The van der Waals surface area contributed by atoms with Gasteiger partial charge in [0.2, 0.25) is 5.91 Å². The summed E-state index contributed by atoms with van der Waals surface area (Å²) in [6, 6.07) is 6.70. The number of nitrogens with one attached hydrogen (secondary N) is 1. The standard InChI is InChI=1S/C13H16N2O4.ClH/c1-18-11(16)8-19-10-4-2-9(3-5-10)15-12(17)13(14)6-7-13;/h2-5H,6-8,14H2,1H3,(H,15,17);1H. The van der Waals surface area contributed by atoms with E-state index in [1.165, 1.54) is 7.11 Å². The first kappa shape index (κ1) is 16.3. The second-order valence-corrected chi connectivity index (χ2v) is 4.50. The van der Waals surface area contributed by atoms with E-state index in [0.717, 1.165) is 12.8 Å². The smallest absolute Gasteiger partial charge is 0.343 e. The van der Waals surface area contributed by atoms with E-state index in [0.29, 0.717) is 11.4 Å². The second kappa shape index (κ2) is 6.58. The van der Waals surface area contributed by atoms with Gasteiger partial charge >= 0.3 is 5.97 Å². The number of methoxy groups -OCH3 is 1. The van der Waals surface area contributed by atoms with Crippen LogP contribution in [0.25, 0.3) is 0 Å². The zero-order valence-electron chi connectivity index (χ0n) is 11.0. The molecule has 0 spiro atoms. The molecule has 0 radical (unpaired) electrons. The van der Waals surface area contributed by atoms with Crippen LogP contribution in [0.2, 0.25) is 0 Å². The summed E-state index contributed by atoms with van der Waals surface area (Å²) in [4.78, 5) is 22.6. The lowest BCUT2D eigenvalue weighted by molar-refractivity contribution is -0.142. The number of hydrogen-bond acceptors (Lipinski definition) is 5. The average molecular weight is 301 g/mol. The molecule has 3 N–H and O–H groups in total. The molecule has 6 nitrogen and oxygen atoms in total. The molecule has 7 heteroatoms. The molecule has 0 saturated heterocycles. The van der Waals surface area contributed by atoms with Crippen molar-refractivity contribution < 1.29 is 19.1 Å². The molecule has 110 valence electrons. The highest BCUT2D eigenvalue weighted by Crippen LogP contribution is 2.33. The number of rotatable bonds is 5. The van der Waals surface area contributed by atoms with Crippen LogP contribution < -0.4 is 15.8 Å². The number of esters is 1. The van der Waals surface area contributed by atoms with E-state index < -0.39 is 11.5 Å². The molecular weight excluding hydrogens is 284 g/mol. The summed E-state index contributed by atoms with van der Waals surface area (Å²) in [5.74, 6) is -0.0933. The summed E-state index contributed by atoms with van der Waals surface area (Å²) in [6.07, 6.45) is 1.44. The van der Waals surface area contributed by atoms with E-state index in [1.54, 1.807) is 24.3 Å². The Morgan fingerprint density at radius 1 is 1.30 bits per heavy atom. The molecule has 20 heavy (non-hydrogen) atoms. The van der Waals surface area contributed by atoms with Crippen molar-refractivity contribution in [1.29, 1.82) is 0 Å². The Morgan fingerprint density at radius 3 is 2.40 bits per heavy atom. The summed E-state index contributed by atoms with van der Waals surface area (Å²) < 4.78 is 9.64. The lowest BCUT2D eigenvalue weighted by Gasteiger charge is -2.10. The molecule has 0 bridgehead atoms. The number of ether oxygens (including phenoxy) is 2. The van der Waals surface area contributed by atoms with Crippen molar-refractivity contribution in [3.63, 3.8) is 0 Å². The van der Waals surface area contributed by atoms with Crippen LogP contribution in [0, 0.1) is 0 Å². The number of benzene rings is 1. The van der Waals surface area contributed by atoms with Gasteiger partial charge in [0.05, 0.1) is 12.6 Å². The molecule has 1 aliphatic rings. The Bertz CT molecular complexity index is 486. The number of amides is 1. The highest BCUT2D eigenvalue weighted by molar-refractivity contribution is 6.00. The van der Waals surface area contributed by atoms with Crippen molar-refractivity contribution >= 4 is 30.0 Å². The summed E-state index contributed by atoms with van der Waals surface area (Å²) in [6.45, 7) is -0.145. The maximum absolute atomic E-state index is 11.7. The fourth-order valence-corrected chi connectivity index (χ4v) is 1.45. The maximum Gasteiger partial charge on any atom is 0.343 e. The topological polar surface area (TPSA) is 90.6 Å². The molecule has 1 aliphatic carbocycles. The third kappa shape index (κ3) is 4.11. The van der Waals surface area contributed by atoms with Crippen LogP contribution in [0.4, 0.5) is 5.69 Å². The zero-order chi connectivity index (χ0) is 13.9. The highest BCUT2D eigenvalue weighted by Gasteiger charge is 2.45. The molecule has 1 aromatic carbocycles. The van der Waals surface area contributed by atoms with Gasteiger partial charge in [-0.05, 0) is 37.1 Å². The van der Waals surface area contributed by atoms with Crippen molar-refractivity contribution in [2.24, 2.45) is 5.73 Å². The van der Waals surface area contributed by atoms with Crippen LogP contribution in [-0.2, 0) is 14.3 Å². The Kier molecular flexibility index (Phi) is 5.35. The van der Waals surface area contributed by atoms with Gasteiger partial charge in [-0.15, -0.1) is 12.4 Å². The predicted octanol–water partition coefficient (Wildman–Crippen LogP) is 1.09. The van der Waals surface area contributed by atoms with Crippen LogP contribution in [0.5, 0.6) is 5.75 Å². The number of nitrogens with two attached hydrogens (primary N) is 1. The fraction of sp³-hybridized carbons (Fsp3) is 0.385. The molecule has 0 aromatic heterocycles. The Morgan fingerprint density at radius 2 is 1.90 bits per heavy atom. The van der Waals surface area contributed by atoms with E-state index in [9.17, 15) is 9.59 Å². The normalized spacial score (nSPS) is 14.7. The first-order valence-corrected chi connectivity index (χ1v) is 5.93. The largest absolute Gasteiger partial charge is 0.482 e. The molecular formula is C13H17ClN2O4. The number of carbonyl (C=O) groups excluding carboxylic acids is 2. The summed E-state index contributed by atoms with van der Waals surface area (Å²) in [5, 5.41) is 2.74. The van der Waals surface area contributed by atoms with Crippen LogP contribution in [0.15, 0.2) is 24.3 Å². The zero-order valence-corrected chi connectivity index (χ0v) is 11.9. The van der Waals surface area contributed by atoms with Crippen molar-refractivity contribution in [3.8, 4) is 5.75 Å². The molecule has 0 atom stereocenters. The number of halogens is 1. The summed E-state index contributed by atoms with van der Waals surface area (Å²) in [5.41, 5.74) is 5.73. The molecule has 0 heterocycles. The van der Waals surface area contributed by atoms with Gasteiger partial charge in [0.25, 0.3) is 0 Å². The van der Waals surface area contributed by atoms with Crippen molar-refractivity contribution in [2.75, 3.05) is 19.0 Å². The fourth-order valence-electron chi connectivity index (χ4n) is 1.45. The van der Waals surface area contributed by atoms with Crippen molar-refractivity contribution in [2.45, 2.75) is 18.4 Å². The Hall–Kier alpha value is -1.79. The first-order valence-electron chi connectivity index (χ1n) is 5.93. The first-order chi connectivity index (χ1) is 9.03. The van der Waals surface area contributed by atoms with E-state index in [2.05, 4.69) is 10.1 Å². The van der Waals surface area contributed by atoms with E-state index in [-0.39, 0.29) is 24.9 Å². The Labute approximate surface area is 123 Å². The maximum atomic E-state index is 11.7. The minimum Gasteiger partial charge on any atom is -0.482 e. The van der Waals surface area contributed by atoms with E-state index in [4.69, 9.17) is 10.5 Å². The average Bonchev–Trinajstić information content (AvgIpc) is 3.17. The quantitative estimate of drug-likeness (QED) is 0.794. The van der Waals surface area contributed by atoms with Gasteiger partial charge in [-0.2, -0.15) is 0 Å². The molecule has 1 aromatic rings. The van der Waals surface area contributed by atoms with Gasteiger partial charge in [0.1, 0.15) is 5.75 Å². The molecule has 0 unspecified atom stereocenters. The van der Waals surface area contributed by atoms with Crippen LogP contribution in [-0.4, -0.2) is 31.1 Å². The van der Waals surface area contributed by atoms with E-state index >= 15 is 0 Å². The van der Waals surface area contributed by atoms with Crippen LogP contribution in [0.1, 0.15) is 12.8 Å². The summed E-state index contributed by atoms with van der Waals surface area (Å²) in [7, 11) is 1.30. The van der Waals surface area contributed by atoms with Gasteiger partial charge in [0.15, 0.2) is 6.61 Å². The molecule has 2 rings (SSSR count). The number of carbonyl (C=O) groups is 2. The lowest BCUT2D eigenvalue weighted by Crippen LogP contribution is -2.37. The molecule has 0 aliphatic heterocycles. The molecule has 1 amide bonds. The third-order valence-corrected chi connectivity index (χ3v) is 2.94. The SMILES string of the molecule is COC(=O)COc1ccc(NC(=O)C2(N)CC2)cc1.Cl. The predicted molar refractivity (Wildman–Crippen MR) is 76.0 cm³/mol. The lowest BCUT2D eigenvalue weighted by atomic mass is 10.2. The summed E-state index contributed by atoms with van der Waals surface area (Å²) >= 11 is 0. The monoisotopic (exact) mass is 300 g/mol. The van der Waals surface area contributed by atoms with Crippen LogP contribution in [0.3, 0.4) is 0 Å². The molecule has 1 fully saturated rings.